The summed E-state index contributed by atoms with van der Waals surface area (Å²) in [5.41, 5.74) is 12.4. The fourth-order valence-electron chi connectivity index (χ4n) is 12.4. The van der Waals surface area contributed by atoms with Gasteiger partial charge in [0.25, 0.3) is 0 Å². The number of hydrogen-bond donors (Lipinski definition) is 30. The molecule has 700 valence electrons. The van der Waals surface area contributed by atoms with Gasteiger partial charge in [-0.05, 0) is 95.0 Å². The number of benzene rings is 2. The number of aromatic hydroxyl groups is 1. The average Bonchev–Trinajstić information content (AvgIpc) is 1.71. The van der Waals surface area contributed by atoms with E-state index in [1.54, 1.807) is 38.1 Å². The first-order chi connectivity index (χ1) is 59.8. The number of rotatable bonds is 53. The zero-order chi connectivity index (χ0) is 95.4. The first kappa shape index (κ1) is 107. The van der Waals surface area contributed by atoms with E-state index in [4.69, 9.17) is 22.0 Å². The van der Waals surface area contributed by atoms with E-state index in [1.807, 2.05) is 0 Å². The molecule has 4 rings (SSSR count). The molecular formula is C76H111N21O26S4. The average molecular weight is 1860 g/mol. The largest absolute Gasteiger partial charge is 0.508 e. The number of nitrogens with two attached hydrogens (primary N) is 2. The number of para-hydroxylation sites is 1. The molecule has 16 amide bonds. The van der Waals surface area contributed by atoms with Crippen molar-refractivity contribution in [3.63, 3.8) is 0 Å². The number of thiol groups is 4. The topological polar surface area (TPSA) is 750 Å². The van der Waals surface area contributed by atoms with Gasteiger partial charge in [-0.2, -0.15) is 50.5 Å². The molecule has 1 aliphatic heterocycles. The molecule has 0 aliphatic carbocycles. The van der Waals surface area contributed by atoms with Crippen LogP contribution in [0.2, 0.25) is 0 Å². The third-order valence-corrected chi connectivity index (χ3v) is 20.8. The first-order valence-electron chi connectivity index (χ1n) is 39.7. The van der Waals surface area contributed by atoms with Crippen molar-refractivity contribution in [2.24, 2.45) is 17.4 Å². The number of phenols is 1. The van der Waals surface area contributed by atoms with E-state index in [2.05, 4.69) is 141 Å². The predicted molar refractivity (Wildman–Crippen MR) is 464 cm³/mol. The lowest BCUT2D eigenvalue weighted by atomic mass is 10.0. The summed E-state index contributed by atoms with van der Waals surface area (Å²) < 4.78 is 0. The Balaban J connectivity index is 1.49. The van der Waals surface area contributed by atoms with Gasteiger partial charge in [-0.25, -0.2) is 4.79 Å². The highest BCUT2D eigenvalue weighted by Gasteiger charge is 2.43. The second-order valence-electron chi connectivity index (χ2n) is 30.0. The van der Waals surface area contributed by atoms with E-state index in [0.29, 0.717) is 22.0 Å². The summed E-state index contributed by atoms with van der Waals surface area (Å²) in [7, 11) is 0. The van der Waals surface area contributed by atoms with Gasteiger partial charge in [0.15, 0.2) is 5.96 Å². The highest BCUT2D eigenvalue weighted by Crippen LogP contribution is 2.23. The Kier molecular flexibility index (Phi) is 44.4. The van der Waals surface area contributed by atoms with E-state index >= 15 is 0 Å². The van der Waals surface area contributed by atoms with Crippen LogP contribution in [0, 0.1) is 11.3 Å². The summed E-state index contributed by atoms with van der Waals surface area (Å²) >= 11 is 16.6. The molecule has 0 spiro atoms. The molecule has 1 aromatic heterocycles. The third kappa shape index (κ3) is 35.3. The van der Waals surface area contributed by atoms with Gasteiger partial charge < -0.3 is 137 Å². The van der Waals surface area contributed by atoms with E-state index in [0.717, 1.165) is 11.8 Å². The summed E-state index contributed by atoms with van der Waals surface area (Å²) in [4.78, 5) is 273. The van der Waals surface area contributed by atoms with Crippen LogP contribution in [0.5, 0.6) is 5.75 Å². The number of carboxylic acids is 4. The maximum absolute atomic E-state index is 14.7. The Morgan fingerprint density at radius 2 is 0.843 bits per heavy atom. The summed E-state index contributed by atoms with van der Waals surface area (Å²) in [6.07, 6.45) is -2.80. The third-order valence-electron chi connectivity index (χ3n) is 19.3. The molecule has 1 fully saturated rings. The second-order valence-corrected chi connectivity index (χ2v) is 31.4. The van der Waals surface area contributed by atoms with Crippen molar-refractivity contribution in [1.29, 1.82) is 5.41 Å². The number of guanidine groups is 1. The molecule has 1 aliphatic rings. The number of amides is 16. The van der Waals surface area contributed by atoms with Gasteiger partial charge in [-0.1, -0.05) is 44.2 Å². The van der Waals surface area contributed by atoms with Crippen molar-refractivity contribution in [3.8, 4) is 5.75 Å². The molecule has 28 N–H and O–H groups in total. The number of aromatic nitrogens is 1. The Morgan fingerprint density at radius 1 is 0.465 bits per heavy atom. The van der Waals surface area contributed by atoms with Crippen molar-refractivity contribution in [2.75, 3.05) is 42.7 Å². The van der Waals surface area contributed by atoms with Crippen LogP contribution in [0.3, 0.4) is 0 Å². The quantitative estimate of drug-likeness (QED) is 0.0108. The van der Waals surface area contributed by atoms with Crippen molar-refractivity contribution in [2.45, 2.75) is 208 Å². The number of carbonyl (C=O) groups is 20. The number of carbonyl (C=O) groups excluding carboxylic acids is 16. The summed E-state index contributed by atoms with van der Waals surface area (Å²) in [5.74, 6) is -26.2. The predicted octanol–water partition coefficient (Wildman–Crippen LogP) is -8.14. The maximum atomic E-state index is 14.7. The minimum Gasteiger partial charge on any atom is -0.508 e. The Labute approximate surface area is 749 Å². The number of aromatic amines is 1. The van der Waals surface area contributed by atoms with Crippen LogP contribution in [0.15, 0.2) is 54.7 Å². The minimum atomic E-state index is -1.98. The standard InChI is InChI=1S/C76H111N21O26S4/c1-33(2)21-45(89-71(118)53(31-126)96-72(119)54(32-127)95-68(115)48(24-56(100)101)88-61(108)37(6)84-69(116)51(29-124)93-62(109)34(3)82-63(110)42(77)28-98)65(112)83-35(4)59(106)86-44(13-9-19-80-76(78)79)64(111)91-49(25-57(102)103)74(121)97-20-10-14-55(97)73(120)90-46(22-38-15-17-40(99)18-16-38)66(113)94-52(30-125)70(117)85-36(5)60(107)87-47(67(114)92-50(75(122)123)26-58(104)105)23-39-27-81-43-12-8-7-11-41(39)43/h7-8,11-12,15-18,27,33-37,42,44-55,81,98-99,124-127H,9-10,13-14,19-26,28-32,77H2,1-6H3,(H,82,110)(H,83,112)(H,84,116)(H,85,117)(H,86,106)(H,87,107)(H,88,108)(H,89,118)(H,90,120)(H,91,111)(H,92,114)(H,93,109)(H,94,113)(H,95,115)(H,96,119)(H,100,101)(H,102,103)(H,104,105)(H,122,123)(H4,78,79,80)/t34-,35-,36-,37-,42-,44-,45-,46-,47-,48-,49-,50-,51-,52-,53-,54-,55-/m0/s1. The van der Waals surface area contributed by atoms with Gasteiger partial charge in [0.2, 0.25) is 94.5 Å². The number of hydrogen-bond acceptors (Lipinski definition) is 28. The molecule has 47 nitrogen and oxygen atoms in total. The first-order valence-corrected chi connectivity index (χ1v) is 42.2. The van der Waals surface area contributed by atoms with E-state index in [-0.39, 0.29) is 75.5 Å². The smallest absolute Gasteiger partial charge is 0.326 e. The molecule has 17 atom stereocenters. The van der Waals surface area contributed by atoms with Crippen LogP contribution in [-0.4, -0.2) is 310 Å². The van der Waals surface area contributed by atoms with Crippen LogP contribution in [0.1, 0.15) is 104 Å². The number of fused-ring (bicyclic) bond motifs is 1. The maximum Gasteiger partial charge on any atom is 0.326 e. The van der Waals surface area contributed by atoms with Crippen molar-refractivity contribution >= 4 is 186 Å². The molecule has 2 aromatic carbocycles. The summed E-state index contributed by atoms with van der Waals surface area (Å²) in [6, 6.07) is -15.0. The number of aliphatic carboxylic acids is 4. The summed E-state index contributed by atoms with van der Waals surface area (Å²) in [5, 5.41) is 104. The molecule has 0 bridgehead atoms. The van der Waals surface area contributed by atoms with Crippen LogP contribution in [-0.2, 0) is 109 Å². The van der Waals surface area contributed by atoms with Gasteiger partial charge in [0.05, 0.1) is 25.9 Å². The monoisotopic (exact) mass is 1860 g/mol. The van der Waals surface area contributed by atoms with E-state index < -0.39 is 270 Å². The highest BCUT2D eigenvalue weighted by atomic mass is 32.1. The van der Waals surface area contributed by atoms with Crippen LogP contribution < -0.4 is 96.5 Å². The molecule has 0 radical (unpaired) electrons. The molecule has 1 saturated heterocycles. The number of nitrogens with zero attached hydrogens (tertiary/aromatic N) is 1. The van der Waals surface area contributed by atoms with Gasteiger partial charge in [0, 0.05) is 66.0 Å². The molecule has 3 aromatic rings. The molecular weight excluding hydrogens is 1750 g/mol. The van der Waals surface area contributed by atoms with Gasteiger partial charge >= 0.3 is 23.9 Å². The molecule has 51 heteroatoms. The normalized spacial score (nSPS) is 16.1. The van der Waals surface area contributed by atoms with Crippen LogP contribution in [0.4, 0.5) is 0 Å². The number of nitrogens with one attached hydrogen (secondary N) is 18. The highest BCUT2D eigenvalue weighted by molar-refractivity contribution is 7.80. The molecule has 2 heterocycles. The van der Waals surface area contributed by atoms with Crippen molar-refractivity contribution in [1.82, 2.24) is 95.0 Å². The minimum absolute atomic E-state index is 0.0495. The van der Waals surface area contributed by atoms with Gasteiger partial charge in [-0.3, -0.25) is 96.5 Å². The molecule has 0 saturated carbocycles. The van der Waals surface area contributed by atoms with Crippen molar-refractivity contribution in [3.05, 3.63) is 65.9 Å². The Bertz CT molecular complexity index is 4470. The summed E-state index contributed by atoms with van der Waals surface area (Å²) in [6.45, 7) is 7.06. The number of phenolic OH excluding ortho intramolecular Hbond substituents is 1. The van der Waals surface area contributed by atoms with Crippen LogP contribution in [0.25, 0.3) is 10.9 Å². The Hall–Kier alpha value is -12.2. The molecule has 127 heavy (non-hydrogen) atoms. The van der Waals surface area contributed by atoms with Gasteiger partial charge in [0.1, 0.15) is 108 Å². The zero-order valence-corrected chi connectivity index (χ0v) is 73.4. The second kappa shape index (κ2) is 52.7. The van der Waals surface area contributed by atoms with E-state index in [1.165, 1.54) is 51.2 Å². The van der Waals surface area contributed by atoms with Gasteiger partial charge in [-0.15, -0.1) is 0 Å². The fraction of sp³-hybridized carbons (Fsp3) is 0.539. The Morgan fingerprint density at radius 3 is 1.31 bits per heavy atom. The number of aliphatic hydroxyl groups excluding tert-OH is 1. The SMILES string of the molecule is CC(C)C[C@H](NC(=O)[C@H](CS)NC(=O)[C@H](CS)NC(=O)[C@H](CC(=O)O)NC(=O)[C@H](C)NC(=O)[C@H](CS)NC(=O)[C@H](C)NC(=O)[C@@H](N)CO)C(=O)N[C@@H](C)C(=O)N[C@@H](CCCNC(=N)N)C(=O)N[C@@H](CC(=O)O)C(=O)N1CCC[C@H]1C(=O)N[C@@H](Cc1ccc(O)cc1)C(=O)N[C@@H](CS)C(=O)N[C@@H](C)C(=O)N[C@@H](Cc1c[nH]c2ccccc12)C(=O)N[C@@H](CC(=O)O)C(=O)O. The number of likely N-dealkylation sites (tertiary alicyclic amines) is 1. The zero-order valence-electron chi connectivity index (χ0n) is 69.8. The van der Waals surface area contributed by atoms with E-state index in [9.17, 15) is 121 Å². The lowest BCUT2D eigenvalue weighted by Gasteiger charge is -2.30. The fourth-order valence-corrected chi connectivity index (χ4v) is 13.4. The lowest BCUT2D eigenvalue weighted by molar-refractivity contribution is -0.147. The van der Waals surface area contributed by atoms with Crippen LogP contribution >= 0.6 is 50.5 Å². The molecule has 0 unspecified atom stereocenters. The number of aliphatic hydroxyl groups is 1. The lowest BCUT2D eigenvalue weighted by Crippen LogP contribution is -2.61. The number of H-pyrrole nitrogens is 1. The van der Waals surface area contributed by atoms with Crippen molar-refractivity contribution < 1.29 is 127 Å². The number of carboxylic acid groups (broad SMARTS) is 4.